The monoisotopic (exact) mass is 369 g/mol. The van der Waals surface area contributed by atoms with E-state index in [4.69, 9.17) is 9.57 Å². The van der Waals surface area contributed by atoms with Crippen LogP contribution in [0.4, 0.5) is 5.69 Å². The van der Waals surface area contributed by atoms with Gasteiger partial charge in [-0.25, -0.2) is 0 Å². The normalized spacial score (nSPS) is 16.6. The maximum atomic E-state index is 13.3. The number of epoxide rings is 1. The lowest BCUT2D eigenvalue weighted by Gasteiger charge is -2.23. The zero-order chi connectivity index (χ0) is 18.1. The lowest BCUT2D eigenvalue weighted by molar-refractivity contribution is 0.129. The van der Waals surface area contributed by atoms with Gasteiger partial charge in [0.05, 0.1) is 17.2 Å². The van der Waals surface area contributed by atoms with Crippen LogP contribution in [0.2, 0.25) is 0 Å². The summed E-state index contributed by atoms with van der Waals surface area (Å²) in [4.78, 5) is 5.83. The molecule has 0 aromatic heterocycles. The Balaban J connectivity index is 1.74. The molecule has 3 aromatic rings. The molecule has 134 valence electrons. The molecule has 0 N–H and O–H groups in total. The molecule has 0 spiro atoms. The van der Waals surface area contributed by atoms with Crippen LogP contribution in [-0.4, -0.2) is 27.7 Å². The molecule has 1 heterocycles. The van der Waals surface area contributed by atoms with Crippen LogP contribution in [0.25, 0.3) is 10.8 Å². The van der Waals surface area contributed by atoms with Crippen LogP contribution < -0.4 is 4.47 Å². The van der Waals surface area contributed by atoms with Gasteiger partial charge in [0.15, 0.2) is 0 Å². The number of anilines is 1. The highest BCUT2D eigenvalue weighted by Gasteiger charge is 2.30. The van der Waals surface area contributed by atoms with E-state index in [1.54, 1.807) is 30.3 Å². The second kappa shape index (κ2) is 6.72. The number of ether oxygens (including phenoxy) is 1. The Labute approximate surface area is 152 Å². The van der Waals surface area contributed by atoms with E-state index in [-0.39, 0.29) is 17.6 Å². The third kappa shape index (κ3) is 3.44. The SMILES string of the molecule is Cc1ccc(N(OCC2CO2)S(=O)(=O)c2ccc3ccccc3c2)cc1. The standard InChI is InChI=1S/C20H19NO4S/c1-15-6-9-18(10-7-15)21(25-14-19-13-24-19)26(22,23)20-11-8-16-4-2-3-5-17(16)12-20/h2-12,19H,13-14H2,1H3. The zero-order valence-electron chi connectivity index (χ0n) is 14.3. The number of benzene rings is 3. The quantitative estimate of drug-likeness (QED) is 0.491. The van der Waals surface area contributed by atoms with E-state index in [0.29, 0.717) is 12.3 Å². The zero-order valence-corrected chi connectivity index (χ0v) is 15.1. The summed E-state index contributed by atoms with van der Waals surface area (Å²) in [6.07, 6.45) is -0.0465. The fourth-order valence-electron chi connectivity index (χ4n) is 2.69. The molecule has 1 saturated heterocycles. The predicted octanol–water partition coefficient (Wildman–Crippen LogP) is 3.67. The molecule has 1 unspecified atom stereocenters. The average Bonchev–Trinajstić information content (AvgIpc) is 3.47. The van der Waals surface area contributed by atoms with E-state index in [1.807, 2.05) is 43.3 Å². The minimum absolute atomic E-state index is 0.0465. The summed E-state index contributed by atoms with van der Waals surface area (Å²) >= 11 is 0. The molecular formula is C20H19NO4S. The van der Waals surface area contributed by atoms with Gasteiger partial charge in [0, 0.05) is 0 Å². The molecular weight excluding hydrogens is 350 g/mol. The van der Waals surface area contributed by atoms with Crippen LogP contribution in [0.15, 0.2) is 71.6 Å². The van der Waals surface area contributed by atoms with E-state index in [9.17, 15) is 8.42 Å². The van der Waals surface area contributed by atoms with Crippen molar-refractivity contribution in [3.8, 4) is 0 Å². The molecule has 3 aromatic carbocycles. The average molecular weight is 369 g/mol. The van der Waals surface area contributed by atoms with Crippen LogP contribution in [0.5, 0.6) is 0 Å². The number of aryl methyl sites for hydroxylation is 1. The Morgan fingerprint density at radius 2 is 1.73 bits per heavy atom. The molecule has 0 aliphatic carbocycles. The topological polar surface area (TPSA) is 59.1 Å². The van der Waals surface area contributed by atoms with Crippen molar-refractivity contribution in [2.45, 2.75) is 17.9 Å². The number of nitrogens with zero attached hydrogens (tertiary/aromatic N) is 1. The Hall–Kier alpha value is -2.41. The molecule has 1 atom stereocenters. The largest absolute Gasteiger partial charge is 0.371 e. The number of rotatable bonds is 6. The highest BCUT2D eigenvalue weighted by Crippen LogP contribution is 2.27. The van der Waals surface area contributed by atoms with Gasteiger partial charge in [-0.15, -0.1) is 4.47 Å². The summed E-state index contributed by atoms with van der Waals surface area (Å²) in [5, 5.41) is 1.85. The first-order valence-electron chi connectivity index (χ1n) is 8.39. The summed E-state index contributed by atoms with van der Waals surface area (Å²) < 4.78 is 32.7. The van der Waals surface area contributed by atoms with E-state index < -0.39 is 10.0 Å². The molecule has 4 rings (SSSR count). The maximum Gasteiger partial charge on any atom is 0.286 e. The number of fused-ring (bicyclic) bond motifs is 1. The summed E-state index contributed by atoms with van der Waals surface area (Å²) in [6, 6.07) is 19.9. The highest BCUT2D eigenvalue weighted by atomic mass is 32.2. The van der Waals surface area contributed by atoms with E-state index in [2.05, 4.69) is 0 Å². The van der Waals surface area contributed by atoms with Crippen molar-refractivity contribution < 1.29 is 18.0 Å². The highest BCUT2D eigenvalue weighted by molar-refractivity contribution is 7.92. The smallest absolute Gasteiger partial charge is 0.286 e. The van der Waals surface area contributed by atoms with Gasteiger partial charge >= 0.3 is 0 Å². The molecule has 0 saturated carbocycles. The third-order valence-electron chi connectivity index (χ3n) is 4.26. The fraction of sp³-hybridized carbons (Fsp3) is 0.200. The van der Waals surface area contributed by atoms with Crippen molar-refractivity contribution in [1.82, 2.24) is 0 Å². The van der Waals surface area contributed by atoms with Crippen LogP contribution >= 0.6 is 0 Å². The van der Waals surface area contributed by atoms with Gasteiger partial charge in [0.1, 0.15) is 12.7 Å². The molecule has 0 radical (unpaired) electrons. The first-order valence-corrected chi connectivity index (χ1v) is 9.83. The van der Waals surface area contributed by atoms with Gasteiger partial charge in [-0.1, -0.05) is 48.0 Å². The van der Waals surface area contributed by atoms with E-state index >= 15 is 0 Å². The number of sulfonamides is 1. The van der Waals surface area contributed by atoms with Gasteiger partial charge in [0.2, 0.25) is 0 Å². The first-order chi connectivity index (χ1) is 12.5. The minimum atomic E-state index is -3.87. The minimum Gasteiger partial charge on any atom is -0.371 e. The Morgan fingerprint density at radius 3 is 2.42 bits per heavy atom. The van der Waals surface area contributed by atoms with E-state index in [0.717, 1.165) is 20.8 Å². The molecule has 6 heteroatoms. The molecule has 5 nitrogen and oxygen atoms in total. The molecule has 0 bridgehead atoms. The lowest BCUT2D eigenvalue weighted by atomic mass is 10.1. The Morgan fingerprint density at radius 1 is 1.04 bits per heavy atom. The van der Waals surface area contributed by atoms with Crippen molar-refractivity contribution in [3.63, 3.8) is 0 Å². The summed E-state index contributed by atoms with van der Waals surface area (Å²) in [6.45, 7) is 2.74. The molecule has 1 aliphatic rings. The third-order valence-corrected chi connectivity index (χ3v) is 5.86. The Kier molecular flexibility index (Phi) is 4.40. The van der Waals surface area contributed by atoms with Gasteiger partial charge in [-0.05, 0) is 42.0 Å². The summed E-state index contributed by atoms with van der Waals surface area (Å²) in [7, 11) is -3.87. The molecule has 1 aliphatic heterocycles. The van der Waals surface area contributed by atoms with Gasteiger partial charge in [0.25, 0.3) is 10.0 Å². The van der Waals surface area contributed by atoms with Crippen LogP contribution in [0.3, 0.4) is 0 Å². The lowest BCUT2D eigenvalue weighted by Crippen LogP contribution is -2.32. The molecule has 26 heavy (non-hydrogen) atoms. The second-order valence-corrected chi connectivity index (χ2v) is 8.08. The predicted molar refractivity (Wildman–Crippen MR) is 100 cm³/mol. The van der Waals surface area contributed by atoms with Crippen LogP contribution in [-0.2, 0) is 19.6 Å². The Bertz CT molecular complexity index is 1030. The molecule has 1 fully saturated rings. The van der Waals surface area contributed by atoms with E-state index in [1.165, 1.54) is 0 Å². The summed E-state index contributed by atoms with van der Waals surface area (Å²) in [5.41, 5.74) is 1.51. The van der Waals surface area contributed by atoms with Crippen LogP contribution in [0, 0.1) is 6.92 Å². The van der Waals surface area contributed by atoms with Crippen molar-refractivity contribution in [1.29, 1.82) is 0 Å². The van der Waals surface area contributed by atoms with Gasteiger partial charge < -0.3 is 4.74 Å². The van der Waals surface area contributed by atoms with Crippen molar-refractivity contribution in [3.05, 3.63) is 72.3 Å². The molecule has 0 amide bonds. The number of hydrogen-bond donors (Lipinski definition) is 0. The van der Waals surface area contributed by atoms with Crippen LogP contribution in [0.1, 0.15) is 5.56 Å². The van der Waals surface area contributed by atoms with Crippen molar-refractivity contribution in [2.75, 3.05) is 17.7 Å². The van der Waals surface area contributed by atoms with Crippen molar-refractivity contribution in [2.24, 2.45) is 0 Å². The van der Waals surface area contributed by atoms with Crippen molar-refractivity contribution >= 4 is 26.5 Å². The van der Waals surface area contributed by atoms with Gasteiger partial charge in [-0.3, -0.25) is 4.84 Å². The maximum absolute atomic E-state index is 13.3. The fourth-order valence-corrected chi connectivity index (χ4v) is 3.99. The summed E-state index contributed by atoms with van der Waals surface area (Å²) in [5.74, 6) is 0. The first kappa shape index (κ1) is 17.0. The number of hydrogen-bond acceptors (Lipinski definition) is 4. The second-order valence-electron chi connectivity index (χ2n) is 6.33. The van der Waals surface area contributed by atoms with Gasteiger partial charge in [-0.2, -0.15) is 8.42 Å².